The lowest BCUT2D eigenvalue weighted by Crippen LogP contribution is -2.48. The van der Waals surface area contributed by atoms with Gasteiger partial charge in [0.1, 0.15) is 0 Å². The van der Waals surface area contributed by atoms with E-state index in [2.05, 4.69) is 39.4 Å². The van der Waals surface area contributed by atoms with Gasteiger partial charge in [-0.1, -0.05) is 18.2 Å². The number of carbonyl (C=O) groups is 1. The van der Waals surface area contributed by atoms with Crippen molar-refractivity contribution in [3.8, 4) is 0 Å². The lowest BCUT2D eigenvalue weighted by atomic mass is 9.80. The smallest absolute Gasteiger partial charge is 0.254 e. The standard InChI is InChI=1S/C21H28N4O4S/c1-13(2)25(29-8-7-24-30(3,27)28)21(26)15-9-17-16-5-4-6-18-20(16)14(11-22-18)10-19(17)23-12-15/h4-6,9,11,13,15,19,22-24H,7-8,10,12H2,1-3H3/t15-,19?/m1/s1. The monoisotopic (exact) mass is 432 g/mol. The zero-order valence-electron chi connectivity index (χ0n) is 17.4. The van der Waals surface area contributed by atoms with Gasteiger partial charge >= 0.3 is 0 Å². The third-order valence-electron chi connectivity index (χ3n) is 5.56. The van der Waals surface area contributed by atoms with Gasteiger partial charge in [0.05, 0.1) is 24.8 Å². The number of amides is 1. The van der Waals surface area contributed by atoms with E-state index in [-0.39, 0.29) is 37.1 Å². The number of nitrogens with zero attached hydrogens (tertiary/aromatic N) is 1. The number of hydrogen-bond donors (Lipinski definition) is 3. The SMILES string of the molecule is CC(C)N(OCCNS(C)(=O)=O)C(=O)[C@@H]1C=C2c3cccc4[nH]cc(c34)CC2NC1. The van der Waals surface area contributed by atoms with Crippen molar-refractivity contribution in [3.05, 3.63) is 41.6 Å². The molecule has 1 aromatic carbocycles. The van der Waals surface area contributed by atoms with Gasteiger partial charge in [-0.2, -0.15) is 0 Å². The van der Waals surface area contributed by atoms with E-state index >= 15 is 0 Å². The molecule has 2 atom stereocenters. The van der Waals surface area contributed by atoms with Crippen molar-refractivity contribution < 1.29 is 18.0 Å². The maximum absolute atomic E-state index is 13.2. The Morgan fingerprint density at radius 1 is 1.37 bits per heavy atom. The Hall–Kier alpha value is -2.20. The third-order valence-corrected chi connectivity index (χ3v) is 6.29. The highest BCUT2D eigenvalue weighted by molar-refractivity contribution is 7.88. The molecule has 1 amide bonds. The first-order chi connectivity index (χ1) is 14.2. The second kappa shape index (κ2) is 8.14. The molecule has 9 heteroatoms. The van der Waals surface area contributed by atoms with Crippen LogP contribution in [0.25, 0.3) is 16.5 Å². The maximum atomic E-state index is 13.2. The molecule has 0 saturated carbocycles. The molecule has 0 saturated heterocycles. The number of rotatable bonds is 7. The van der Waals surface area contributed by atoms with Crippen LogP contribution in [-0.2, 0) is 26.1 Å². The summed E-state index contributed by atoms with van der Waals surface area (Å²) >= 11 is 0. The minimum Gasteiger partial charge on any atom is -0.361 e. The second-order valence-corrected chi connectivity index (χ2v) is 10.0. The molecule has 162 valence electrons. The molecule has 30 heavy (non-hydrogen) atoms. The molecular weight excluding hydrogens is 404 g/mol. The summed E-state index contributed by atoms with van der Waals surface area (Å²) in [4.78, 5) is 22.2. The third kappa shape index (κ3) is 4.15. The van der Waals surface area contributed by atoms with Gasteiger partial charge in [-0.25, -0.2) is 18.2 Å². The van der Waals surface area contributed by atoms with Gasteiger partial charge in [0.25, 0.3) is 5.91 Å². The van der Waals surface area contributed by atoms with Crippen molar-refractivity contribution >= 4 is 32.4 Å². The van der Waals surface area contributed by atoms with Gasteiger partial charge in [-0.05, 0) is 43.0 Å². The van der Waals surface area contributed by atoms with Crippen molar-refractivity contribution in [2.45, 2.75) is 32.4 Å². The summed E-state index contributed by atoms with van der Waals surface area (Å²) in [5.41, 5.74) is 4.73. The Balaban J connectivity index is 1.53. The lowest BCUT2D eigenvalue weighted by molar-refractivity contribution is -0.198. The average Bonchev–Trinajstić information content (AvgIpc) is 3.10. The van der Waals surface area contributed by atoms with E-state index in [0.717, 1.165) is 23.8 Å². The van der Waals surface area contributed by atoms with Crippen molar-refractivity contribution in [1.29, 1.82) is 0 Å². The summed E-state index contributed by atoms with van der Waals surface area (Å²) in [5, 5.41) is 6.12. The summed E-state index contributed by atoms with van der Waals surface area (Å²) in [6.45, 7) is 4.49. The van der Waals surface area contributed by atoms with Crippen LogP contribution in [0, 0.1) is 5.92 Å². The molecule has 2 aliphatic rings. The molecule has 0 spiro atoms. The summed E-state index contributed by atoms with van der Waals surface area (Å²) in [6.07, 6.45) is 6.13. The molecule has 1 unspecified atom stereocenters. The number of benzene rings is 1. The zero-order valence-corrected chi connectivity index (χ0v) is 18.3. The largest absolute Gasteiger partial charge is 0.361 e. The van der Waals surface area contributed by atoms with E-state index in [1.165, 1.54) is 21.6 Å². The molecule has 3 N–H and O–H groups in total. The summed E-state index contributed by atoms with van der Waals surface area (Å²) in [5.74, 6) is -0.480. The van der Waals surface area contributed by atoms with Crippen LogP contribution in [0.15, 0.2) is 30.5 Å². The Labute approximate surface area is 176 Å². The molecule has 4 rings (SSSR count). The number of aromatic nitrogens is 1. The molecule has 2 heterocycles. The Bertz CT molecular complexity index is 1090. The zero-order chi connectivity index (χ0) is 21.5. The van der Waals surface area contributed by atoms with Gasteiger partial charge in [0.15, 0.2) is 0 Å². The normalized spacial score (nSPS) is 20.9. The fraction of sp³-hybridized carbons (Fsp3) is 0.476. The number of hydroxylamine groups is 2. The minimum atomic E-state index is -3.29. The van der Waals surface area contributed by atoms with Crippen LogP contribution in [0.5, 0.6) is 0 Å². The van der Waals surface area contributed by atoms with Crippen LogP contribution in [0.4, 0.5) is 0 Å². The van der Waals surface area contributed by atoms with E-state index < -0.39 is 10.0 Å². The summed E-state index contributed by atoms with van der Waals surface area (Å²) in [7, 11) is -3.29. The van der Waals surface area contributed by atoms with Crippen molar-refractivity contribution in [1.82, 2.24) is 20.1 Å². The fourth-order valence-electron chi connectivity index (χ4n) is 4.27. The quantitative estimate of drug-likeness (QED) is 0.453. The highest BCUT2D eigenvalue weighted by Crippen LogP contribution is 2.38. The summed E-state index contributed by atoms with van der Waals surface area (Å²) in [6, 6.07) is 6.24. The van der Waals surface area contributed by atoms with Gasteiger partial charge in [0.2, 0.25) is 10.0 Å². The van der Waals surface area contributed by atoms with Gasteiger partial charge in [-0.3, -0.25) is 9.63 Å². The number of fused-ring (bicyclic) bond motifs is 2. The van der Waals surface area contributed by atoms with Gasteiger partial charge in [0, 0.05) is 36.2 Å². The van der Waals surface area contributed by atoms with E-state index in [4.69, 9.17) is 4.84 Å². The Morgan fingerprint density at radius 3 is 2.90 bits per heavy atom. The molecule has 8 nitrogen and oxygen atoms in total. The van der Waals surface area contributed by atoms with E-state index in [1.807, 2.05) is 19.9 Å². The fourth-order valence-corrected chi connectivity index (χ4v) is 4.72. The maximum Gasteiger partial charge on any atom is 0.254 e. The molecule has 0 radical (unpaired) electrons. The van der Waals surface area contributed by atoms with Crippen molar-refractivity contribution in [2.75, 3.05) is 26.0 Å². The second-order valence-electron chi connectivity index (χ2n) is 8.19. The number of carbonyl (C=O) groups excluding carboxylic acids is 1. The first kappa shape index (κ1) is 21.0. The highest BCUT2D eigenvalue weighted by Gasteiger charge is 2.34. The molecule has 1 aromatic heterocycles. The number of nitrogens with one attached hydrogen (secondary N) is 3. The number of hydrogen-bond acceptors (Lipinski definition) is 5. The molecule has 1 aliphatic carbocycles. The molecule has 0 bridgehead atoms. The Kier molecular flexibility index (Phi) is 5.71. The summed E-state index contributed by atoms with van der Waals surface area (Å²) < 4.78 is 24.8. The Morgan fingerprint density at radius 2 is 2.17 bits per heavy atom. The molecule has 2 aromatic rings. The van der Waals surface area contributed by atoms with Crippen LogP contribution in [0.1, 0.15) is 25.0 Å². The van der Waals surface area contributed by atoms with Crippen LogP contribution < -0.4 is 10.0 Å². The van der Waals surface area contributed by atoms with Crippen LogP contribution in [0.2, 0.25) is 0 Å². The lowest BCUT2D eigenvalue weighted by Gasteiger charge is -2.35. The van der Waals surface area contributed by atoms with Crippen LogP contribution in [-0.4, -0.2) is 62.4 Å². The van der Waals surface area contributed by atoms with Crippen LogP contribution in [0.3, 0.4) is 0 Å². The van der Waals surface area contributed by atoms with Crippen LogP contribution >= 0.6 is 0 Å². The first-order valence-corrected chi connectivity index (χ1v) is 12.1. The number of H-pyrrole nitrogens is 1. The first-order valence-electron chi connectivity index (χ1n) is 10.2. The average molecular weight is 433 g/mol. The molecule has 0 fully saturated rings. The van der Waals surface area contributed by atoms with Crippen molar-refractivity contribution in [3.63, 3.8) is 0 Å². The van der Waals surface area contributed by atoms with E-state index in [0.29, 0.717) is 6.54 Å². The minimum absolute atomic E-state index is 0.0857. The predicted octanol–water partition coefficient (Wildman–Crippen LogP) is 1.41. The number of aromatic amines is 1. The topological polar surface area (TPSA) is 104 Å². The van der Waals surface area contributed by atoms with Gasteiger partial charge < -0.3 is 10.3 Å². The van der Waals surface area contributed by atoms with E-state index in [1.54, 1.807) is 0 Å². The van der Waals surface area contributed by atoms with E-state index in [9.17, 15) is 13.2 Å². The molecule has 1 aliphatic heterocycles. The predicted molar refractivity (Wildman–Crippen MR) is 116 cm³/mol. The van der Waals surface area contributed by atoms with Crippen molar-refractivity contribution in [2.24, 2.45) is 5.92 Å². The highest BCUT2D eigenvalue weighted by atomic mass is 32.2. The molecular formula is C21H28N4O4S. The number of sulfonamides is 1. The van der Waals surface area contributed by atoms with Gasteiger partial charge in [-0.15, -0.1) is 0 Å².